The fourth-order valence-electron chi connectivity index (χ4n) is 5.49. The second-order valence-electron chi connectivity index (χ2n) is 34.3. The first-order valence-electron chi connectivity index (χ1n) is 36.9. The van der Waals surface area contributed by atoms with Crippen LogP contribution in [0.3, 0.4) is 0 Å². The van der Waals surface area contributed by atoms with Gasteiger partial charge < -0.3 is 84.8 Å². The molecule has 638 valence electrons. The van der Waals surface area contributed by atoms with Gasteiger partial charge in [0.2, 0.25) is 0 Å². The van der Waals surface area contributed by atoms with Crippen molar-refractivity contribution in [1.29, 1.82) is 0 Å². The number of likely N-dealkylation sites (N-methyl/N-ethyl adjacent to an activating group) is 1. The second-order valence-corrected chi connectivity index (χ2v) is 34.3. The van der Waals surface area contributed by atoms with Gasteiger partial charge in [-0.25, -0.2) is 4.79 Å². The summed E-state index contributed by atoms with van der Waals surface area (Å²) in [6.45, 7) is 70.6. The Balaban J connectivity index is -0.000000213. The maximum atomic E-state index is 11.4. The summed E-state index contributed by atoms with van der Waals surface area (Å²) in [5.74, 6) is 0.478. The van der Waals surface area contributed by atoms with Crippen LogP contribution in [-0.2, 0) is 116 Å². The summed E-state index contributed by atoms with van der Waals surface area (Å²) >= 11 is 0. The van der Waals surface area contributed by atoms with Crippen LogP contribution in [-0.4, -0.2) is 187 Å². The Hall–Kier alpha value is -6.39. The maximum absolute atomic E-state index is 11.4. The Morgan fingerprint density at radius 1 is 0.352 bits per heavy atom. The highest BCUT2D eigenvalue weighted by molar-refractivity contribution is 5.78. The second kappa shape index (κ2) is 59.4. The monoisotopic (exact) mass is 1560 g/mol. The third-order valence-corrected chi connectivity index (χ3v) is 12.0. The van der Waals surface area contributed by atoms with Crippen molar-refractivity contribution in [2.24, 2.45) is 48.7 Å². The van der Waals surface area contributed by atoms with Crippen LogP contribution in [0.5, 0.6) is 0 Å². The van der Waals surface area contributed by atoms with Crippen molar-refractivity contribution in [1.82, 2.24) is 4.90 Å². The maximum Gasteiger partial charge on any atom is 0.519 e. The zero-order valence-corrected chi connectivity index (χ0v) is 74.4. The number of hydrogen-bond acceptors (Lipinski definition) is 27. The lowest BCUT2D eigenvalue weighted by atomic mass is 9.91. The highest BCUT2D eigenvalue weighted by Crippen LogP contribution is 2.33. The van der Waals surface area contributed by atoms with Crippen LogP contribution in [0.2, 0.25) is 0 Å². The molecule has 0 unspecified atom stereocenters. The molecule has 27 nitrogen and oxygen atoms in total. The van der Waals surface area contributed by atoms with Crippen LogP contribution >= 0.6 is 0 Å². The average Bonchev–Trinajstić information content (AvgIpc) is 1.73. The molecule has 1 aromatic rings. The predicted molar refractivity (Wildman–Crippen MR) is 419 cm³/mol. The van der Waals surface area contributed by atoms with Gasteiger partial charge in [0.25, 0.3) is 5.95 Å². The summed E-state index contributed by atoms with van der Waals surface area (Å²) in [5.41, 5.74) is -3.10. The van der Waals surface area contributed by atoms with E-state index in [4.69, 9.17) is 71.1 Å². The molecule has 0 fully saturated rings. The lowest BCUT2D eigenvalue weighted by molar-refractivity contribution is -0.155. The molecule has 1 aromatic heterocycles. The van der Waals surface area contributed by atoms with Crippen molar-refractivity contribution < 1.29 is 118 Å². The molecule has 0 saturated carbocycles. The minimum Gasteiger partial charge on any atom is -0.465 e. The van der Waals surface area contributed by atoms with E-state index in [0.717, 1.165) is 50.4 Å². The first-order chi connectivity index (χ1) is 48.9. The Labute approximate surface area is 651 Å². The fraction of sp³-hybridized carbons (Fsp3) is 0.815. The number of ether oxygens (including phenoxy) is 15. The lowest BCUT2D eigenvalue weighted by Gasteiger charge is -2.17. The molecule has 0 spiro atoms. The SMILES string of the molecule is C=C1OC(C)=C(CC(C)(C)C)O1.CCCOC(=O)C(C)(C)C.CCCOC(=O)C(C)(C)C.CCCOCCOC(=O)C(C)(C)C.CN(C)CCOC(=O)C(C)(C)C.COCCOC(=O)C(C)(C)C.COCCOC(=O)C(C)(C)C.COCCOCCOC(=O)C(C)(C)C.Cc1oc(=O)oc1COC(=O)C(C)(C)C. The van der Waals surface area contributed by atoms with Gasteiger partial charge in [0, 0.05) is 40.9 Å². The Bertz CT molecular complexity index is 2630. The number of carbonyl (C=O) groups excluding carboxylic acids is 8. The van der Waals surface area contributed by atoms with Crippen molar-refractivity contribution >= 4 is 47.8 Å². The van der Waals surface area contributed by atoms with Gasteiger partial charge in [0.15, 0.2) is 18.1 Å². The molecule has 0 aromatic carbocycles. The van der Waals surface area contributed by atoms with E-state index in [1.54, 1.807) is 49.0 Å². The van der Waals surface area contributed by atoms with Crippen molar-refractivity contribution in [3.8, 4) is 0 Å². The molecular formula is C81H153NO26. The van der Waals surface area contributed by atoms with Gasteiger partial charge in [-0.3, -0.25) is 38.4 Å². The summed E-state index contributed by atoms with van der Waals surface area (Å²) in [7, 11) is 8.66. The molecule has 1 aliphatic rings. The smallest absolute Gasteiger partial charge is 0.465 e. The van der Waals surface area contributed by atoms with Gasteiger partial charge in [0.05, 0.1) is 96.2 Å². The molecule has 0 amide bonds. The minimum atomic E-state index is -0.783. The van der Waals surface area contributed by atoms with E-state index in [1.807, 2.05) is 192 Å². The van der Waals surface area contributed by atoms with Gasteiger partial charge in [-0.1, -0.05) is 41.5 Å². The first kappa shape index (κ1) is 115. The van der Waals surface area contributed by atoms with Crippen molar-refractivity contribution in [2.75, 3.05) is 134 Å². The molecule has 0 N–H and O–H groups in total. The number of carbonyl (C=O) groups is 8. The number of nitrogens with zero attached hydrogens (tertiary/aromatic N) is 1. The first-order valence-corrected chi connectivity index (χ1v) is 36.9. The van der Waals surface area contributed by atoms with E-state index in [1.165, 1.54) is 0 Å². The number of allylic oxidation sites excluding steroid dienone is 2. The Kier molecular flexibility index (Phi) is 63.2. The number of methoxy groups -OCH3 is 3. The number of rotatable bonds is 27. The fourth-order valence-corrected chi connectivity index (χ4v) is 5.49. The highest BCUT2D eigenvalue weighted by Gasteiger charge is 2.29. The van der Waals surface area contributed by atoms with E-state index in [-0.39, 0.29) is 81.8 Å². The standard InChI is InChI=1S/C10H14O5.C10H20O4.C10H20O3.C10H16O2.C9H19NO2.2C8H16O3.2C8H16O2/c1-6-7(15-9(12)14-6)5-13-8(11)10(2,3)4;1-10(2,3)9(11)14-8-7-13-6-5-12-4;1-5-6-12-7-8-13-9(11)10(2,3)4;1-7-9(6-10(3,4)5)12-8(2)11-7;1-9(2,3)8(11)12-7-6-10(4)5;2*1-8(2,3)7(9)11-6-5-10-4;2*1-5-6-10-7(9)8(2,3)4/h5H2,1-4H3;5-8H2,1-4H3;5-8H2,1-4H3;2,6H2,1,3-5H3;6-7H2,1-5H3;2*5-6H2,1-4H3;2*5-6H2,1-4H3. The molecule has 108 heavy (non-hydrogen) atoms. The average molecular weight is 1560 g/mol. The molecular weight excluding hydrogens is 1400 g/mol. The quantitative estimate of drug-likeness (QED) is 0.0449. The molecule has 1 aliphatic heterocycles. The van der Waals surface area contributed by atoms with Gasteiger partial charge >= 0.3 is 53.6 Å². The molecule has 0 atom stereocenters. The third-order valence-electron chi connectivity index (χ3n) is 12.0. The minimum absolute atomic E-state index is 0.0757. The van der Waals surface area contributed by atoms with Crippen LogP contribution < -0.4 is 5.82 Å². The van der Waals surface area contributed by atoms with E-state index in [0.29, 0.717) is 97.6 Å². The number of hydrogen-bond donors (Lipinski definition) is 0. The van der Waals surface area contributed by atoms with Crippen molar-refractivity contribution in [3.05, 3.63) is 46.2 Å². The number of esters is 8. The van der Waals surface area contributed by atoms with Gasteiger partial charge in [-0.15, -0.1) is 0 Å². The van der Waals surface area contributed by atoms with Gasteiger partial charge in [-0.05, 0) is 225 Å². The lowest BCUT2D eigenvalue weighted by Crippen LogP contribution is -2.27. The zero-order valence-electron chi connectivity index (χ0n) is 74.4. The molecule has 0 radical (unpaired) electrons. The molecule has 2 rings (SSSR count). The molecule has 2 heterocycles. The Morgan fingerprint density at radius 2 is 0.611 bits per heavy atom. The summed E-state index contributed by atoms with van der Waals surface area (Å²) in [5, 5.41) is 0. The molecule has 0 saturated heterocycles. The van der Waals surface area contributed by atoms with Gasteiger partial charge in [0.1, 0.15) is 44.6 Å². The van der Waals surface area contributed by atoms with Gasteiger partial charge in [-0.2, -0.15) is 0 Å². The summed E-state index contributed by atoms with van der Waals surface area (Å²) in [6.07, 6.45) is 3.66. The normalized spacial score (nSPS) is 12.1. The van der Waals surface area contributed by atoms with E-state index >= 15 is 0 Å². The van der Waals surface area contributed by atoms with Crippen LogP contribution in [0, 0.1) is 55.7 Å². The summed E-state index contributed by atoms with van der Waals surface area (Å²) < 4.78 is 83.9. The van der Waals surface area contributed by atoms with E-state index in [9.17, 15) is 43.2 Å². The largest absolute Gasteiger partial charge is 0.519 e. The van der Waals surface area contributed by atoms with Crippen LogP contribution in [0.1, 0.15) is 252 Å². The summed E-state index contributed by atoms with van der Waals surface area (Å²) in [4.78, 5) is 102. The van der Waals surface area contributed by atoms with Crippen LogP contribution in [0.4, 0.5) is 0 Å². The highest BCUT2D eigenvalue weighted by atomic mass is 16.7. The predicted octanol–water partition coefficient (Wildman–Crippen LogP) is 15.6. The molecule has 27 heteroatoms. The van der Waals surface area contributed by atoms with E-state index < -0.39 is 32.9 Å². The van der Waals surface area contributed by atoms with Crippen molar-refractivity contribution in [2.45, 2.75) is 254 Å². The third kappa shape index (κ3) is 73.7. The van der Waals surface area contributed by atoms with E-state index in [2.05, 4.69) is 36.2 Å². The Morgan fingerprint density at radius 3 is 0.852 bits per heavy atom. The number of aryl methyl sites for hydroxylation is 1. The van der Waals surface area contributed by atoms with Crippen molar-refractivity contribution in [3.63, 3.8) is 0 Å². The van der Waals surface area contributed by atoms with Crippen LogP contribution in [0.25, 0.3) is 0 Å². The zero-order chi connectivity index (χ0) is 86.3. The summed E-state index contributed by atoms with van der Waals surface area (Å²) in [6, 6.07) is 0. The molecule has 0 bridgehead atoms. The topological polar surface area (TPSA) is 322 Å². The van der Waals surface area contributed by atoms with Crippen LogP contribution in [0.15, 0.2) is 37.7 Å². The molecule has 0 aliphatic carbocycles.